The number of carbonyl (C=O) groups excluding carboxylic acids is 1. The van der Waals surface area contributed by atoms with Gasteiger partial charge >= 0.3 is 0 Å². The second-order valence-corrected chi connectivity index (χ2v) is 4.73. The van der Waals surface area contributed by atoms with Crippen molar-refractivity contribution in [3.8, 4) is 0 Å². The number of hydrogen-bond donors (Lipinski definition) is 1. The van der Waals surface area contributed by atoms with E-state index in [1.807, 2.05) is 67.6 Å². The molecule has 0 fully saturated rings. The van der Waals surface area contributed by atoms with E-state index in [9.17, 15) is 4.79 Å². The van der Waals surface area contributed by atoms with E-state index in [1.54, 1.807) is 0 Å². The minimum atomic E-state index is -0.220. The zero-order valence-corrected chi connectivity index (χ0v) is 11.5. The molecular formula is C16H15NOS. The topological polar surface area (TPSA) is 29.1 Å². The molecule has 2 rings (SSSR count). The zero-order valence-electron chi connectivity index (χ0n) is 10.7. The quantitative estimate of drug-likeness (QED) is 0.866. The maximum Gasteiger partial charge on any atom is 0.232 e. The van der Waals surface area contributed by atoms with E-state index < -0.39 is 0 Å². The largest absolute Gasteiger partial charge is 0.316 e. The van der Waals surface area contributed by atoms with Gasteiger partial charge in [-0.25, -0.2) is 0 Å². The summed E-state index contributed by atoms with van der Waals surface area (Å²) >= 11 is 5.23. The molecule has 3 heteroatoms. The molecule has 2 aromatic carbocycles. The number of thiocarbonyl (C=S) groups is 1. The molecule has 19 heavy (non-hydrogen) atoms. The third-order valence-electron chi connectivity index (χ3n) is 2.97. The minimum Gasteiger partial charge on any atom is -0.316 e. The van der Waals surface area contributed by atoms with Gasteiger partial charge in [0.25, 0.3) is 0 Å². The Morgan fingerprint density at radius 3 is 2.11 bits per heavy atom. The van der Waals surface area contributed by atoms with E-state index in [-0.39, 0.29) is 11.8 Å². The van der Waals surface area contributed by atoms with Crippen molar-refractivity contribution >= 4 is 23.1 Å². The molecule has 0 radical (unpaired) electrons. The first-order valence-corrected chi connectivity index (χ1v) is 6.54. The molecule has 0 heterocycles. The van der Waals surface area contributed by atoms with Crippen LogP contribution in [-0.4, -0.2) is 10.9 Å². The third-order valence-corrected chi connectivity index (χ3v) is 3.30. The molecule has 1 atom stereocenters. The van der Waals surface area contributed by atoms with Gasteiger partial charge in [-0.3, -0.25) is 4.79 Å². The minimum absolute atomic E-state index is 0.0833. The maximum atomic E-state index is 12.1. The fourth-order valence-electron chi connectivity index (χ4n) is 1.77. The second-order valence-electron chi connectivity index (χ2n) is 4.32. The standard InChI is InChI=1S/C16H15NOS/c1-12(13-8-4-2-5-9-13)15(18)17-16(19)14-10-6-3-7-11-14/h2-12H,1H3,(H,17,18,19)/t12-/m0/s1. The fourth-order valence-corrected chi connectivity index (χ4v) is 2.01. The highest BCUT2D eigenvalue weighted by Gasteiger charge is 2.16. The molecule has 1 amide bonds. The number of rotatable bonds is 3. The molecule has 0 saturated heterocycles. The Kier molecular flexibility index (Phi) is 4.42. The van der Waals surface area contributed by atoms with Crippen molar-refractivity contribution in [3.05, 3.63) is 71.8 Å². The zero-order chi connectivity index (χ0) is 13.7. The number of nitrogens with one attached hydrogen (secondary N) is 1. The lowest BCUT2D eigenvalue weighted by molar-refractivity contribution is -0.120. The average Bonchev–Trinajstić information content (AvgIpc) is 2.48. The Bertz CT molecular complexity index is 566. The Morgan fingerprint density at radius 1 is 1.00 bits per heavy atom. The van der Waals surface area contributed by atoms with Crippen LogP contribution in [-0.2, 0) is 4.79 Å². The van der Waals surface area contributed by atoms with Crippen LogP contribution in [0.3, 0.4) is 0 Å². The Labute approximate surface area is 118 Å². The fraction of sp³-hybridized carbons (Fsp3) is 0.125. The van der Waals surface area contributed by atoms with Crippen LogP contribution >= 0.6 is 12.2 Å². The molecule has 0 aliphatic rings. The summed E-state index contributed by atoms with van der Waals surface area (Å²) in [5.41, 5.74) is 1.84. The van der Waals surface area contributed by atoms with Crippen molar-refractivity contribution in [2.24, 2.45) is 0 Å². The van der Waals surface area contributed by atoms with Crippen LogP contribution < -0.4 is 5.32 Å². The van der Waals surface area contributed by atoms with Crippen molar-refractivity contribution in [2.45, 2.75) is 12.8 Å². The summed E-state index contributed by atoms with van der Waals surface area (Å²) in [5.74, 6) is -0.303. The van der Waals surface area contributed by atoms with Gasteiger partial charge in [-0.2, -0.15) is 0 Å². The summed E-state index contributed by atoms with van der Waals surface area (Å²) in [6, 6.07) is 19.1. The summed E-state index contributed by atoms with van der Waals surface area (Å²) in [4.78, 5) is 12.6. The smallest absolute Gasteiger partial charge is 0.232 e. The summed E-state index contributed by atoms with van der Waals surface area (Å²) in [6.45, 7) is 1.87. The molecule has 0 spiro atoms. The van der Waals surface area contributed by atoms with Crippen LogP contribution in [0, 0.1) is 0 Å². The van der Waals surface area contributed by atoms with Gasteiger partial charge < -0.3 is 5.32 Å². The molecule has 0 aromatic heterocycles. The van der Waals surface area contributed by atoms with Crippen LogP contribution in [0.1, 0.15) is 24.0 Å². The highest BCUT2D eigenvalue weighted by Crippen LogP contribution is 2.14. The molecule has 0 unspecified atom stereocenters. The van der Waals surface area contributed by atoms with Gasteiger partial charge in [0.2, 0.25) is 5.91 Å². The predicted molar refractivity (Wildman–Crippen MR) is 81.1 cm³/mol. The summed E-state index contributed by atoms with van der Waals surface area (Å²) < 4.78 is 0. The van der Waals surface area contributed by atoms with Crippen molar-refractivity contribution in [1.82, 2.24) is 5.32 Å². The van der Waals surface area contributed by atoms with E-state index in [4.69, 9.17) is 12.2 Å². The van der Waals surface area contributed by atoms with E-state index in [0.717, 1.165) is 11.1 Å². The van der Waals surface area contributed by atoms with E-state index in [1.165, 1.54) is 0 Å². The lowest BCUT2D eigenvalue weighted by atomic mass is 10.0. The summed E-state index contributed by atoms with van der Waals surface area (Å²) in [5, 5.41) is 2.79. The molecule has 1 N–H and O–H groups in total. The second kappa shape index (κ2) is 6.25. The molecule has 0 aliphatic heterocycles. The van der Waals surface area contributed by atoms with Gasteiger partial charge in [-0.1, -0.05) is 72.9 Å². The van der Waals surface area contributed by atoms with Gasteiger partial charge in [-0.15, -0.1) is 0 Å². The van der Waals surface area contributed by atoms with Crippen molar-refractivity contribution < 1.29 is 4.79 Å². The normalized spacial score (nSPS) is 11.6. The molecule has 2 aromatic rings. The Morgan fingerprint density at radius 2 is 1.53 bits per heavy atom. The Hall–Kier alpha value is -2.00. The van der Waals surface area contributed by atoms with E-state index in [2.05, 4.69) is 5.32 Å². The maximum absolute atomic E-state index is 12.1. The van der Waals surface area contributed by atoms with Crippen LogP contribution in [0.25, 0.3) is 0 Å². The Balaban J connectivity index is 2.04. The lowest BCUT2D eigenvalue weighted by Crippen LogP contribution is -2.33. The van der Waals surface area contributed by atoms with Gasteiger partial charge in [0.1, 0.15) is 4.99 Å². The highest BCUT2D eigenvalue weighted by atomic mass is 32.1. The predicted octanol–water partition coefficient (Wildman–Crippen LogP) is 3.28. The third kappa shape index (κ3) is 3.48. The van der Waals surface area contributed by atoms with Gasteiger partial charge in [0.15, 0.2) is 0 Å². The first-order chi connectivity index (χ1) is 9.18. The highest BCUT2D eigenvalue weighted by molar-refractivity contribution is 7.80. The van der Waals surface area contributed by atoms with Crippen molar-refractivity contribution in [2.75, 3.05) is 0 Å². The number of hydrogen-bond acceptors (Lipinski definition) is 2. The van der Waals surface area contributed by atoms with E-state index in [0.29, 0.717) is 4.99 Å². The number of carbonyl (C=O) groups is 1. The lowest BCUT2D eigenvalue weighted by Gasteiger charge is -2.13. The van der Waals surface area contributed by atoms with E-state index >= 15 is 0 Å². The number of benzene rings is 2. The van der Waals surface area contributed by atoms with Gasteiger partial charge in [0, 0.05) is 5.56 Å². The molecule has 96 valence electrons. The van der Waals surface area contributed by atoms with Crippen LogP contribution in [0.4, 0.5) is 0 Å². The molecule has 0 aliphatic carbocycles. The SMILES string of the molecule is C[C@H](C(=O)NC(=S)c1ccccc1)c1ccccc1. The molecule has 0 bridgehead atoms. The molecule has 2 nitrogen and oxygen atoms in total. The van der Waals surface area contributed by atoms with Crippen LogP contribution in [0.2, 0.25) is 0 Å². The summed E-state index contributed by atoms with van der Waals surface area (Å²) in [7, 11) is 0. The van der Waals surface area contributed by atoms with Gasteiger partial charge in [0.05, 0.1) is 5.92 Å². The van der Waals surface area contributed by atoms with Crippen LogP contribution in [0.15, 0.2) is 60.7 Å². The monoisotopic (exact) mass is 269 g/mol. The first kappa shape index (κ1) is 13.4. The molecular weight excluding hydrogens is 254 g/mol. The number of amides is 1. The van der Waals surface area contributed by atoms with Gasteiger partial charge in [-0.05, 0) is 12.5 Å². The first-order valence-electron chi connectivity index (χ1n) is 6.13. The van der Waals surface area contributed by atoms with Crippen molar-refractivity contribution in [1.29, 1.82) is 0 Å². The van der Waals surface area contributed by atoms with Crippen molar-refractivity contribution in [3.63, 3.8) is 0 Å². The average molecular weight is 269 g/mol. The van der Waals surface area contributed by atoms with Crippen LogP contribution in [0.5, 0.6) is 0 Å². The molecule has 0 saturated carbocycles. The summed E-state index contributed by atoms with van der Waals surface area (Å²) in [6.07, 6.45) is 0.